The summed E-state index contributed by atoms with van der Waals surface area (Å²) in [6, 6.07) is 4.90. The fraction of sp³-hybridized carbons (Fsp3) is 0.414. The Morgan fingerprint density at radius 3 is 2.65 bits per heavy atom. The number of carbonyl (C=O) groups excluding carboxylic acids is 1. The van der Waals surface area contributed by atoms with E-state index in [9.17, 15) is 27.9 Å². The molecule has 11 nitrogen and oxygen atoms in total. The van der Waals surface area contributed by atoms with E-state index in [0.29, 0.717) is 43.9 Å². The van der Waals surface area contributed by atoms with Crippen molar-refractivity contribution in [2.24, 2.45) is 0 Å². The Kier molecular flexibility index (Phi) is 10.2. The number of hydrogen-bond acceptors (Lipinski definition) is 9. The average Bonchev–Trinajstić information content (AvgIpc) is 3.37. The lowest BCUT2D eigenvalue weighted by Gasteiger charge is -2.35. The Morgan fingerprint density at radius 2 is 2.00 bits per heavy atom. The molecule has 43 heavy (non-hydrogen) atoms. The highest BCUT2D eigenvalue weighted by Crippen LogP contribution is 2.36. The highest BCUT2D eigenvalue weighted by molar-refractivity contribution is 5.78. The van der Waals surface area contributed by atoms with Crippen LogP contribution in [0.25, 0.3) is 0 Å². The molecule has 2 saturated heterocycles. The molecule has 0 saturated carbocycles. The molecule has 0 radical (unpaired) electrons. The lowest BCUT2D eigenvalue weighted by Crippen LogP contribution is -2.48. The third-order valence-electron chi connectivity index (χ3n) is 7.17. The Balaban J connectivity index is 1.31. The van der Waals surface area contributed by atoms with Gasteiger partial charge in [-0.3, -0.25) is 9.59 Å². The standard InChI is InChI=1S/C29H32F3N7O4/c1-2-5-23(43-19-21-14-22(40)18-39(21)24-17-35-36-28(42)27(24)29(30,31)32)6-3-4-7-26(41)38-12-10-37(11-13-38)25-9-8-20(15-33)16-34-25/h2-4,6,8-9,16-17,21-22,40H,1,5,7,10-14,18-19H2,(H,36,42)/b4-3-,23-6+/t21-,22+/m0/s1. The minimum atomic E-state index is -4.91. The van der Waals surface area contributed by atoms with Crippen LogP contribution in [0.15, 0.2) is 66.0 Å². The Morgan fingerprint density at radius 1 is 1.23 bits per heavy atom. The van der Waals surface area contributed by atoms with Crippen LogP contribution in [0.1, 0.15) is 30.4 Å². The predicted molar refractivity (Wildman–Crippen MR) is 152 cm³/mol. The third kappa shape index (κ3) is 8.01. The predicted octanol–water partition coefficient (Wildman–Crippen LogP) is 2.77. The Hall–Kier alpha value is -4.64. The maximum atomic E-state index is 13.6. The molecule has 0 unspecified atom stereocenters. The molecule has 2 aliphatic heterocycles. The van der Waals surface area contributed by atoms with Crippen molar-refractivity contribution in [2.75, 3.05) is 49.1 Å². The van der Waals surface area contributed by atoms with Crippen LogP contribution in [0.2, 0.25) is 0 Å². The molecule has 0 spiro atoms. The van der Waals surface area contributed by atoms with Gasteiger partial charge in [-0.05, 0) is 24.6 Å². The zero-order chi connectivity index (χ0) is 31.0. The number of carbonyl (C=O) groups is 1. The monoisotopic (exact) mass is 599 g/mol. The summed E-state index contributed by atoms with van der Waals surface area (Å²) in [5.74, 6) is 1.20. The number of alkyl halides is 3. The molecular weight excluding hydrogens is 567 g/mol. The molecule has 2 N–H and O–H groups in total. The van der Waals surface area contributed by atoms with Crippen molar-refractivity contribution in [3.63, 3.8) is 0 Å². The van der Waals surface area contributed by atoms with Gasteiger partial charge >= 0.3 is 6.18 Å². The van der Waals surface area contributed by atoms with Gasteiger partial charge in [-0.2, -0.15) is 23.5 Å². The molecule has 1 amide bonds. The van der Waals surface area contributed by atoms with E-state index >= 15 is 0 Å². The number of allylic oxidation sites excluding steroid dienone is 3. The number of nitrogens with one attached hydrogen (secondary N) is 1. The van der Waals surface area contributed by atoms with Gasteiger partial charge in [0.2, 0.25) is 5.91 Å². The summed E-state index contributed by atoms with van der Waals surface area (Å²) in [5, 5.41) is 24.5. The fourth-order valence-electron chi connectivity index (χ4n) is 5.04. The second kappa shape index (κ2) is 14.0. The molecule has 0 aliphatic carbocycles. The van der Waals surface area contributed by atoms with E-state index in [1.807, 2.05) is 11.2 Å². The van der Waals surface area contributed by atoms with Gasteiger partial charge in [-0.1, -0.05) is 18.2 Å². The maximum Gasteiger partial charge on any atom is 0.423 e. The highest BCUT2D eigenvalue weighted by Gasteiger charge is 2.42. The van der Waals surface area contributed by atoms with Gasteiger partial charge in [0.1, 0.15) is 24.1 Å². The Labute approximate surface area is 246 Å². The van der Waals surface area contributed by atoms with Crippen LogP contribution in [0.3, 0.4) is 0 Å². The Bertz CT molecular complexity index is 1440. The summed E-state index contributed by atoms with van der Waals surface area (Å²) in [6.07, 6.45) is 3.93. The molecule has 0 aromatic carbocycles. The number of aromatic nitrogens is 3. The van der Waals surface area contributed by atoms with Crippen LogP contribution in [-0.2, 0) is 15.7 Å². The number of aliphatic hydroxyl groups excluding tert-OH is 1. The summed E-state index contributed by atoms with van der Waals surface area (Å²) < 4.78 is 46.8. The fourth-order valence-corrected chi connectivity index (χ4v) is 5.04. The number of pyridine rings is 1. The van der Waals surface area contributed by atoms with Crippen LogP contribution in [-0.4, -0.2) is 82.6 Å². The molecule has 228 valence electrons. The van der Waals surface area contributed by atoms with Gasteiger partial charge in [0, 0.05) is 51.8 Å². The molecule has 14 heteroatoms. The third-order valence-corrected chi connectivity index (χ3v) is 7.17. The minimum Gasteiger partial charge on any atom is -0.495 e. The molecular formula is C29H32F3N7O4. The average molecular weight is 600 g/mol. The van der Waals surface area contributed by atoms with E-state index in [1.54, 1.807) is 41.3 Å². The number of halogens is 3. The first-order chi connectivity index (χ1) is 20.6. The molecule has 2 fully saturated rings. The van der Waals surface area contributed by atoms with Crippen molar-refractivity contribution in [3.8, 4) is 6.07 Å². The van der Waals surface area contributed by atoms with E-state index in [1.165, 1.54) is 11.1 Å². The van der Waals surface area contributed by atoms with Gasteiger partial charge in [-0.25, -0.2) is 10.1 Å². The number of rotatable bonds is 10. The highest BCUT2D eigenvalue weighted by atomic mass is 19.4. The minimum absolute atomic E-state index is 0.0363. The van der Waals surface area contributed by atoms with Gasteiger partial charge in [0.15, 0.2) is 0 Å². The largest absolute Gasteiger partial charge is 0.495 e. The molecule has 0 bridgehead atoms. The molecule has 4 heterocycles. The van der Waals surface area contributed by atoms with E-state index in [0.717, 1.165) is 12.0 Å². The van der Waals surface area contributed by atoms with Crippen LogP contribution in [0.4, 0.5) is 24.7 Å². The van der Waals surface area contributed by atoms with Crippen molar-refractivity contribution >= 4 is 17.4 Å². The summed E-state index contributed by atoms with van der Waals surface area (Å²) in [4.78, 5) is 34.1. The molecule has 2 aromatic heterocycles. The van der Waals surface area contributed by atoms with E-state index in [2.05, 4.69) is 21.6 Å². The van der Waals surface area contributed by atoms with Gasteiger partial charge < -0.3 is 24.5 Å². The molecule has 2 atom stereocenters. The van der Waals surface area contributed by atoms with Gasteiger partial charge in [-0.15, -0.1) is 6.58 Å². The number of nitrogens with zero attached hydrogens (tertiary/aromatic N) is 6. The van der Waals surface area contributed by atoms with Crippen molar-refractivity contribution < 1.29 is 27.8 Å². The van der Waals surface area contributed by atoms with E-state index < -0.39 is 35.1 Å². The number of amides is 1. The summed E-state index contributed by atoms with van der Waals surface area (Å²) in [6.45, 7) is 5.87. The first-order valence-corrected chi connectivity index (χ1v) is 13.7. The smallest absolute Gasteiger partial charge is 0.423 e. The lowest BCUT2D eigenvalue weighted by molar-refractivity contribution is -0.138. The summed E-state index contributed by atoms with van der Waals surface area (Å²) in [7, 11) is 0. The van der Waals surface area contributed by atoms with E-state index in [4.69, 9.17) is 10.00 Å². The number of H-pyrrole nitrogens is 1. The van der Waals surface area contributed by atoms with Crippen LogP contribution in [0.5, 0.6) is 0 Å². The van der Waals surface area contributed by atoms with Crippen LogP contribution >= 0.6 is 0 Å². The number of aliphatic hydroxyl groups is 1. The number of hydrogen-bond donors (Lipinski definition) is 2. The van der Waals surface area contributed by atoms with Crippen molar-refractivity contribution in [3.05, 3.63) is 82.6 Å². The van der Waals surface area contributed by atoms with Crippen LogP contribution < -0.4 is 15.4 Å². The SMILES string of the molecule is C=CC/C(=C\C=C/CC(=O)N1CCN(c2ccc(C#N)cn2)CC1)OC[C@@H]1C[C@@H](O)CN1c1cn[nH]c(=O)c1C(F)(F)F. The quantitative estimate of drug-likeness (QED) is 0.240. The number of anilines is 2. The zero-order valence-electron chi connectivity index (χ0n) is 23.3. The van der Waals surface area contributed by atoms with Crippen molar-refractivity contribution in [1.29, 1.82) is 5.26 Å². The summed E-state index contributed by atoms with van der Waals surface area (Å²) in [5.41, 5.74) is -2.66. The van der Waals surface area contributed by atoms with E-state index in [-0.39, 0.29) is 31.9 Å². The second-order valence-electron chi connectivity index (χ2n) is 10.1. The summed E-state index contributed by atoms with van der Waals surface area (Å²) >= 11 is 0. The van der Waals surface area contributed by atoms with Crippen LogP contribution in [0, 0.1) is 11.3 Å². The first kappa shape index (κ1) is 31.3. The number of aromatic amines is 1. The number of ether oxygens (including phenoxy) is 1. The van der Waals surface area contributed by atoms with Crippen molar-refractivity contribution in [2.45, 2.75) is 37.6 Å². The topological polar surface area (TPSA) is 139 Å². The molecule has 2 aliphatic rings. The number of β-amino-alcohol motifs (C(OH)–C–C–N with tert-alkyl or cyclic N) is 1. The first-order valence-electron chi connectivity index (χ1n) is 13.7. The number of nitriles is 1. The second-order valence-corrected chi connectivity index (χ2v) is 10.1. The van der Waals surface area contributed by atoms with Gasteiger partial charge in [0.05, 0.1) is 35.4 Å². The maximum absolute atomic E-state index is 13.6. The van der Waals surface area contributed by atoms with Gasteiger partial charge in [0.25, 0.3) is 5.56 Å². The van der Waals surface area contributed by atoms with Crippen molar-refractivity contribution in [1.82, 2.24) is 20.1 Å². The lowest BCUT2D eigenvalue weighted by atomic mass is 10.2. The number of piperazine rings is 1. The molecule has 4 rings (SSSR count). The normalized spacial score (nSPS) is 19.5. The molecule has 2 aromatic rings. The zero-order valence-corrected chi connectivity index (χ0v) is 23.3.